The Morgan fingerprint density at radius 1 is 1.08 bits per heavy atom. The van der Waals surface area contributed by atoms with Gasteiger partial charge in [-0.15, -0.1) is 0 Å². The number of likely N-dealkylation sites (N-methyl/N-ethyl adjacent to an activating group) is 1. The summed E-state index contributed by atoms with van der Waals surface area (Å²) in [5.41, 5.74) is 1.73. The number of carbonyl (C=O) groups is 1. The third kappa shape index (κ3) is 3.98. The van der Waals surface area contributed by atoms with Gasteiger partial charge in [0, 0.05) is 42.3 Å². The highest BCUT2D eigenvalue weighted by Crippen LogP contribution is 2.43. The maximum Gasteiger partial charge on any atom is 0.249 e. The summed E-state index contributed by atoms with van der Waals surface area (Å²) in [5, 5.41) is 0. The van der Waals surface area contributed by atoms with E-state index in [0.717, 1.165) is 11.1 Å². The minimum atomic E-state index is 0.00955. The summed E-state index contributed by atoms with van der Waals surface area (Å²) >= 11 is 0. The highest BCUT2D eigenvalue weighted by Gasteiger charge is 2.26. The van der Waals surface area contributed by atoms with Gasteiger partial charge in [-0.05, 0) is 20.3 Å². The molecular weight excluding hydrogens is 318 g/mol. The van der Waals surface area contributed by atoms with Crippen molar-refractivity contribution in [3.05, 3.63) is 41.5 Å². The zero-order chi connectivity index (χ0) is 18.4. The van der Waals surface area contributed by atoms with Gasteiger partial charge in [0.2, 0.25) is 5.91 Å². The summed E-state index contributed by atoms with van der Waals surface area (Å²) in [4.78, 5) is 14.5. The number of hydrogen-bond acceptors (Lipinski definition) is 4. The van der Waals surface area contributed by atoms with Gasteiger partial charge in [0.05, 0.1) is 21.3 Å². The molecule has 0 aliphatic heterocycles. The van der Waals surface area contributed by atoms with Crippen molar-refractivity contribution >= 4 is 5.91 Å². The average Bonchev–Trinajstić information content (AvgIpc) is 2.67. The predicted octanol–water partition coefficient (Wildman–Crippen LogP) is 3.55. The molecule has 25 heavy (non-hydrogen) atoms. The average molecular weight is 345 g/mol. The monoisotopic (exact) mass is 345 g/mol. The van der Waals surface area contributed by atoms with Crippen LogP contribution in [0, 0.1) is 0 Å². The molecular formula is C20H27NO4. The number of allylic oxidation sites excluding steroid dienone is 3. The largest absolute Gasteiger partial charge is 0.496 e. The van der Waals surface area contributed by atoms with Gasteiger partial charge in [-0.3, -0.25) is 4.79 Å². The van der Waals surface area contributed by atoms with Crippen LogP contribution in [0.2, 0.25) is 0 Å². The van der Waals surface area contributed by atoms with Crippen molar-refractivity contribution < 1.29 is 19.0 Å². The van der Waals surface area contributed by atoms with Crippen LogP contribution < -0.4 is 14.2 Å². The summed E-state index contributed by atoms with van der Waals surface area (Å²) in [7, 11) is 4.86. The molecule has 0 saturated carbocycles. The van der Waals surface area contributed by atoms with Gasteiger partial charge < -0.3 is 19.1 Å². The molecule has 1 aliphatic carbocycles. The minimum absolute atomic E-state index is 0.00955. The Morgan fingerprint density at radius 2 is 1.68 bits per heavy atom. The number of methoxy groups -OCH3 is 3. The lowest BCUT2D eigenvalue weighted by Crippen LogP contribution is -2.32. The normalized spacial score (nSPS) is 16.2. The van der Waals surface area contributed by atoms with Crippen molar-refractivity contribution in [2.45, 2.75) is 26.2 Å². The minimum Gasteiger partial charge on any atom is -0.496 e. The van der Waals surface area contributed by atoms with Crippen LogP contribution in [0.25, 0.3) is 0 Å². The molecule has 0 radical (unpaired) electrons. The smallest absolute Gasteiger partial charge is 0.249 e. The Morgan fingerprint density at radius 3 is 2.16 bits per heavy atom. The van der Waals surface area contributed by atoms with Crippen molar-refractivity contribution in [3.63, 3.8) is 0 Å². The van der Waals surface area contributed by atoms with Gasteiger partial charge >= 0.3 is 0 Å². The van der Waals surface area contributed by atoms with Gasteiger partial charge in [-0.25, -0.2) is 0 Å². The lowest BCUT2D eigenvalue weighted by Gasteiger charge is -2.26. The van der Waals surface area contributed by atoms with Crippen LogP contribution in [-0.2, 0) is 4.79 Å². The second kappa shape index (κ2) is 8.60. The van der Waals surface area contributed by atoms with Gasteiger partial charge in [-0.2, -0.15) is 0 Å². The molecule has 0 fully saturated rings. The fourth-order valence-electron chi connectivity index (χ4n) is 3.15. The Labute approximate surface area is 149 Å². The number of benzene rings is 1. The van der Waals surface area contributed by atoms with Gasteiger partial charge in [0.1, 0.15) is 17.2 Å². The molecule has 0 N–H and O–H groups in total. The fraction of sp³-hybridized carbons (Fsp3) is 0.450. The van der Waals surface area contributed by atoms with Crippen LogP contribution in [-0.4, -0.2) is 45.2 Å². The Bertz CT molecular complexity index is 649. The van der Waals surface area contributed by atoms with Crippen LogP contribution in [0.4, 0.5) is 0 Å². The standard InChI is InChI=1S/C20H27NO4/c1-6-21(7-2)20(22)15-10-8-9-14(11-15)19-17(24-4)12-16(23-3)13-18(19)25-5/h8-10,12-14H,6-7,11H2,1-5H3. The van der Waals surface area contributed by atoms with Crippen LogP contribution in [0.5, 0.6) is 17.2 Å². The molecule has 0 bridgehead atoms. The Hall–Kier alpha value is -2.43. The van der Waals surface area contributed by atoms with Crippen LogP contribution in [0.1, 0.15) is 31.7 Å². The Balaban J connectivity index is 2.36. The van der Waals surface area contributed by atoms with Crippen molar-refractivity contribution in [3.8, 4) is 17.2 Å². The third-order valence-electron chi connectivity index (χ3n) is 4.53. The number of hydrogen-bond donors (Lipinski definition) is 0. The second-order valence-electron chi connectivity index (χ2n) is 5.81. The van der Waals surface area contributed by atoms with E-state index in [-0.39, 0.29) is 11.8 Å². The van der Waals surface area contributed by atoms with E-state index in [1.807, 2.05) is 43.0 Å². The molecule has 1 aliphatic rings. The van der Waals surface area contributed by atoms with E-state index < -0.39 is 0 Å². The van der Waals surface area contributed by atoms with E-state index in [4.69, 9.17) is 14.2 Å². The topological polar surface area (TPSA) is 48.0 Å². The summed E-state index contributed by atoms with van der Waals surface area (Å²) in [6, 6.07) is 3.69. The van der Waals surface area contributed by atoms with Gasteiger partial charge in [0.25, 0.3) is 0 Å². The number of carbonyl (C=O) groups excluding carboxylic acids is 1. The van der Waals surface area contributed by atoms with Gasteiger partial charge in [-0.1, -0.05) is 18.2 Å². The van der Waals surface area contributed by atoms with Crippen molar-refractivity contribution in [2.24, 2.45) is 0 Å². The quantitative estimate of drug-likeness (QED) is 0.758. The van der Waals surface area contributed by atoms with Crippen LogP contribution in [0.3, 0.4) is 0 Å². The first-order chi connectivity index (χ1) is 12.1. The van der Waals surface area contributed by atoms with Crippen molar-refractivity contribution in [1.82, 2.24) is 4.90 Å². The van der Waals surface area contributed by atoms with Gasteiger partial charge in [0.15, 0.2) is 0 Å². The molecule has 2 rings (SSSR count). The van der Waals surface area contributed by atoms with Crippen LogP contribution >= 0.6 is 0 Å². The maximum atomic E-state index is 12.7. The molecule has 0 saturated heterocycles. The molecule has 136 valence electrons. The Kier molecular flexibility index (Phi) is 6.51. The third-order valence-corrected chi connectivity index (χ3v) is 4.53. The molecule has 5 heteroatoms. The van der Waals surface area contributed by atoms with Crippen LogP contribution in [0.15, 0.2) is 35.9 Å². The lowest BCUT2D eigenvalue weighted by atomic mass is 9.86. The SMILES string of the molecule is CCN(CC)C(=O)C1=CC=CC(c2c(OC)cc(OC)cc2OC)C1. The fourth-order valence-corrected chi connectivity index (χ4v) is 3.15. The first-order valence-corrected chi connectivity index (χ1v) is 8.56. The number of amides is 1. The zero-order valence-corrected chi connectivity index (χ0v) is 15.7. The molecule has 0 aromatic heterocycles. The van der Waals surface area contributed by atoms with E-state index >= 15 is 0 Å². The molecule has 1 aromatic carbocycles. The molecule has 1 amide bonds. The van der Waals surface area contributed by atoms with Crippen molar-refractivity contribution in [1.29, 1.82) is 0 Å². The first kappa shape index (κ1) is 18.9. The molecule has 5 nitrogen and oxygen atoms in total. The van der Waals surface area contributed by atoms with E-state index in [2.05, 4.69) is 6.08 Å². The second-order valence-corrected chi connectivity index (χ2v) is 5.81. The number of rotatable bonds is 7. The molecule has 1 atom stereocenters. The molecule has 0 spiro atoms. The lowest BCUT2D eigenvalue weighted by molar-refractivity contribution is -0.126. The summed E-state index contributed by atoms with van der Waals surface area (Å²) in [6.07, 6.45) is 6.53. The highest BCUT2D eigenvalue weighted by atomic mass is 16.5. The summed E-state index contributed by atoms with van der Waals surface area (Å²) < 4.78 is 16.4. The first-order valence-electron chi connectivity index (χ1n) is 8.56. The number of nitrogens with zero attached hydrogens (tertiary/aromatic N) is 1. The van der Waals surface area contributed by atoms with E-state index in [9.17, 15) is 4.79 Å². The number of ether oxygens (including phenoxy) is 3. The maximum absolute atomic E-state index is 12.7. The molecule has 1 aromatic rings. The molecule has 0 heterocycles. The predicted molar refractivity (Wildman–Crippen MR) is 98.6 cm³/mol. The zero-order valence-electron chi connectivity index (χ0n) is 15.7. The van der Waals surface area contributed by atoms with E-state index in [0.29, 0.717) is 36.8 Å². The highest BCUT2D eigenvalue weighted by molar-refractivity contribution is 5.94. The molecule has 1 unspecified atom stereocenters. The van der Waals surface area contributed by atoms with E-state index in [1.54, 1.807) is 21.3 Å². The summed E-state index contributed by atoms with van der Waals surface area (Å²) in [6.45, 7) is 5.40. The van der Waals surface area contributed by atoms with Crippen molar-refractivity contribution in [2.75, 3.05) is 34.4 Å². The van der Waals surface area contributed by atoms with E-state index in [1.165, 1.54) is 0 Å². The summed E-state index contributed by atoms with van der Waals surface area (Å²) in [5.74, 6) is 2.16.